The molecule has 2 fully saturated rings. The monoisotopic (exact) mass is 301 g/mol. The van der Waals surface area contributed by atoms with E-state index in [0.717, 1.165) is 18.4 Å². The summed E-state index contributed by atoms with van der Waals surface area (Å²) in [5.41, 5.74) is -0.415. The number of fused-ring (bicyclic) bond motifs is 1. The van der Waals surface area contributed by atoms with Gasteiger partial charge < -0.3 is 4.74 Å². The second kappa shape index (κ2) is 5.55. The molecule has 0 bridgehead atoms. The van der Waals surface area contributed by atoms with Gasteiger partial charge in [0.2, 0.25) is 11.8 Å². The predicted molar refractivity (Wildman–Crippen MR) is 78.4 cm³/mol. The highest BCUT2D eigenvalue weighted by atomic mass is 16.5. The van der Waals surface area contributed by atoms with Crippen LogP contribution in [0.1, 0.15) is 31.2 Å². The van der Waals surface area contributed by atoms with Crippen LogP contribution in [0, 0.1) is 11.3 Å². The van der Waals surface area contributed by atoms with Gasteiger partial charge in [-0.15, -0.1) is 0 Å². The van der Waals surface area contributed by atoms with Crippen molar-refractivity contribution in [3.63, 3.8) is 0 Å². The van der Waals surface area contributed by atoms with E-state index in [0.29, 0.717) is 12.8 Å². The van der Waals surface area contributed by atoms with E-state index in [9.17, 15) is 14.4 Å². The van der Waals surface area contributed by atoms with Gasteiger partial charge in [-0.3, -0.25) is 19.3 Å². The molecule has 2 atom stereocenters. The molecule has 1 aromatic rings. The molecule has 2 aliphatic rings. The zero-order valence-corrected chi connectivity index (χ0v) is 12.6. The highest BCUT2D eigenvalue weighted by Crippen LogP contribution is 2.49. The lowest BCUT2D eigenvalue weighted by Gasteiger charge is -2.32. The van der Waals surface area contributed by atoms with E-state index in [1.807, 2.05) is 30.3 Å². The molecule has 0 aromatic heterocycles. The van der Waals surface area contributed by atoms with Crippen molar-refractivity contribution in [2.24, 2.45) is 11.3 Å². The van der Waals surface area contributed by atoms with E-state index in [-0.39, 0.29) is 12.5 Å². The summed E-state index contributed by atoms with van der Waals surface area (Å²) in [5, 5.41) is 0. The SMILES string of the molecule is COC(=O)[C@@]12CCCC[C@@H]1C(=O)N(Cc1ccccc1)C2=O. The molecular weight excluding hydrogens is 282 g/mol. The Hall–Kier alpha value is -2.17. The van der Waals surface area contributed by atoms with Gasteiger partial charge in [0.15, 0.2) is 5.41 Å². The van der Waals surface area contributed by atoms with Crippen molar-refractivity contribution in [3.05, 3.63) is 35.9 Å². The number of esters is 1. The molecule has 1 heterocycles. The zero-order valence-electron chi connectivity index (χ0n) is 12.6. The molecule has 1 saturated carbocycles. The van der Waals surface area contributed by atoms with E-state index in [4.69, 9.17) is 4.74 Å². The lowest BCUT2D eigenvalue weighted by molar-refractivity contribution is -0.163. The number of carbonyl (C=O) groups excluding carboxylic acids is 3. The third-order valence-corrected chi connectivity index (χ3v) is 4.83. The van der Waals surface area contributed by atoms with Crippen molar-refractivity contribution in [1.29, 1.82) is 0 Å². The van der Waals surface area contributed by atoms with E-state index in [2.05, 4.69) is 0 Å². The molecule has 5 nitrogen and oxygen atoms in total. The number of hydrogen-bond acceptors (Lipinski definition) is 4. The Morgan fingerprint density at radius 3 is 2.68 bits per heavy atom. The fraction of sp³-hybridized carbons (Fsp3) is 0.471. The first-order valence-corrected chi connectivity index (χ1v) is 7.59. The van der Waals surface area contributed by atoms with Crippen LogP contribution in [0.25, 0.3) is 0 Å². The van der Waals surface area contributed by atoms with Crippen molar-refractivity contribution >= 4 is 17.8 Å². The van der Waals surface area contributed by atoms with Crippen LogP contribution in [0.2, 0.25) is 0 Å². The molecule has 5 heteroatoms. The first kappa shape index (κ1) is 14.8. The maximum absolute atomic E-state index is 12.9. The van der Waals surface area contributed by atoms with Crippen LogP contribution in [-0.2, 0) is 25.7 Å². The topological polar surface area (TPSA) is 63.7 Å². The van der Waals surface area contributed by atoms with Gasteiger partial charge in [-0.25, -0.2) is 0 Å². The Kier molecular flexibility index (Phi) is 3.72. The van der Waals surface area contributed by atoms with E-state index >= 15 is 0 Å². The molecule has 116 valence electrons. The van der Waals surface area contributed by atoms with Gasteiger partial charge in [-0.2, -0.15) is 0 Å². The zero-order chi connectivity index (χ0) is 15.7. The summed E-state index contributed by atoms with van der Waals surface area (Å²) in [5.74, 6) is -1.76. The number of imide groups is 1. The van der Waals surface area contributed by atoms with Gasteiger partial charge in [0, 0.05) is 0 Å². The molecule has 0 radical (unpaired) electrons. The van der Waals surface area contributed by atoms with E-state index in [1.165, 1.54) is 12.0 Å². The van der Waals surface area contributed by atoms with Gasteiger partial charge in [0.25, 0.3) is 0 Å². The summed E-state index contributed by atoms with van der Waals surface area (Å²) < 4.78 is 4.87. The molecule has 0 N–H and O–H groups in total. The fourth-order valence-electron chi connectivity index (χ4n) is 3.72. The lowest BCUT2D eigenvalue weighted by Crippen LogP contribution is -2.45. The number of rotatable bonds is 3. The van der Waals surface area contributed by atoms with Crippen molar-refractivity contribution in [3.8, 4) is 0 Å². The molecule has 22 heavy (non-hydrogen) atoms. The van der Waals surface area contributed by atoms with Crippen molar-refractivity contribution < 1.29 is 19.1 Å². The van der Waals surface area contributed by atoms with Gasteiger partial charge in [0.05, 0.1) is 19.6 Å². The highest BCUT2D eigenvalue weighted by molar-refractivity contribution is 6.17. The molecule has 3 rings (SSSR count). The Balaban J connectivity index is 1.95. The first-order chi connectivity index (χ1) is 10.6. The van der Waals surface area contributed by atoms with Crippen LogP contribution < -0.4 is 0 Å². The minimum atomic E-state index is -1.29. The van der Waals surface area contributed by atoms with Gasteiger partial charge >= 0.3 is 5.97 Å². The molecule has 0 spiro atoms. The quantitative estimate of drug-likeness (QED) is 0.486. The number of amides is 2. The smallest absolute Gasteiger partial charge is 0.322 e. The average molecular weight is 301 g/mol. The van der Waals surface area contributed by atoms with Crippen LogP contribution >= 0.6 is 0 Å². The van der Waals surface area contributed by atoms with Gasteiger partial charge in [0.1, 0.15) is 0 Å². The number of ether oxygens (including phenoxy) is 1. The number of carbonyl (C=O) groups is 3. The number of methoxy groups -OCH3 is 1. The fourth-order valence-corrected chi connectivity index (χ4v) is 3.72. The highest BCUT2D eigenvalue weighted by Gasteiger charge is 2.64. The van der Waals surface area contributed by atoms with Crippen LogP contribution in [0.3, 0.4) is 0 Å². The summed E-state index contributed by atoms with van der Waals surface area (Å²) in [7, 11) is 1.28. The summed E-state index contributed by atoms with van der Waals surface area (Å²) in [6, 6.07) is 9.35. The Labute approximate surface area is 129 Å². The van der Waals surface area contributed by atoms with E-state index in [1.54, 1.807) is 0 Å². The standard InChI is InChI=1S/C17H19NO4/c1-22-16(21)17-10-6-5-9-13(17)14(19)18(15(17)20)11-12-7-3-2-4-8-12/h2-4,7-8,13H,5-6,9-11H2,1H3/t13-,17+/m1/s1. The largest absolute Gasteiger partial charge is 0.468 e. The second-order valence-electron chi connectivity index (χ2n) is 5.98. The molecule has 1 aliphatic heterocycles. The van der Waals surface area contributed by atoms with Crippen molar-refractivity contribution in [2.75, 3.05) is 7.11 Å². The molecule has 1 aromatic carbocycles. The normalized spacial score (nSPS) is 27.7. The lowest BCUT2D eigenvalue weighted by atomic mass is 9.67. The predicted octanol–water partition coefficient (Wildman–Crippen LogP) is 1.91. The van der Waals surface area contributed by atoms with E-state index < -0.39 is 23.2 Å². The molecule has 0 unspecified atom stereocenters. The van der Waals surface area contributed by atoms with Gasteiger partial charge in [-0.05, 0) is 18.4 Å². The summed E-state index contributed by atoms with van der Waals surface area (Å²) in [6.45, 7) is 0.216. The summed E-state index contributed by atoms with van der Waals surface area (Å²) >= 11 is 0. The third-order valence-electron chi connectivity index (χ3n) is 4.83. The average Bonchev–Trinajstić information content (AvgIpc) is 2.78. The molecule has 2 amide bonds. The van der Waals surface area contributed by atoms with Crippen molar-refractivity contribution in [1.82, 2.24) is 4.90 Å². The maximum Gasteiger partial charge on any atom is 0.322 e. The number of likely N-dealkylation sites (tertiary alicyclic amines) is 1. The minimum absolute atomic E-state index is 0.216. The number of nitrogens with zero attached hydrogens (tertiary/aromatic N) is 1. The summed E-state index contributed by atoms with van der Waals surface area (Å²) in [6.07, 6.45) is 2.61. The molecule has 1 saturated heterocycles. The van der Waals surface area contributed by atoms with Crippen molar-refractivity contribution in [2.45, 2.75) is 32.2 Å². The molecule has 1 aliphatic carbocycles. The first-order valence-electron chi connectivity index (χ1n) is 7.59. The van der Waals surface area contributed by atoms with Crippen LogP contribution in [0.15, 0.2) is 30.3 Å². The minimum Gasteiger partial charge on any atom is -0.468 e. The van der Waals surface area contributed by atoms with Gasteiger partial charge in [-0.1, -0.05) is 43.2 Å². The Morgan fingerprint density at radius 1 is 1.27 bits per heavy atom. The van der Waals surface area contributed by atoms with Crippen LogP contribution in [0.5, 0.6) is 0 Å². The third kappa shape index (κ3) is 2.03. The maximum atomic E-state index is 12.9. The number of hydrogen-bond donors (Lipinski definition) is 0. The van der Waals surface area contributed by atoms with Crippen LogP contribution in [-0.4, -0.2) is 29.8 Å². The molecular formula is C17H19NO4. The van der Waals surface area contributed by atoms with Crippen LogP contribution in [0.4, 0.5) is 0 Å². The Morgan fingerprint density at radius 2 is 2.00 bits per heavy atom. The Bertz CT molecular complexity index is 612. The summed E-state index contributed by atoms with van der Waals surface area (Å²) in [4.78, 5) is 39.1. The number of benzene rings is 1. The second-order valence-corrected chi connectivity index (χ2v) is 5.98.